The summed E-state index contributed by atoms with van der Waals surface area (Å²) in [7, 11) is 0. The normalized spacial score (nSPS) is 11.4. The number of aromatic nitrogens is 3. The minimum absolute atomic E-state index is 0.183. The zero-order chi connectivity index (χ0) is 19.3. The van der Waals surface area contributed by atoms with E-state index in [0.29, 0.717) is 16.5 Å². The van der Waals surface area contributed by atoms with Gasteiger partial charge in [-0.2, -0.15) is 5.10 Å². The zero-order valence-corrected chi connectivity index (χ0v) is 16.5. The van der Waals surface area contributed by atoms with Crippen molar-refractivity contribution in [2.75, 3.05) is 5.43 Å². The van der Waals surface area contributed by atoms with Crippen LogP contribution in [0.4, 0.5) is 5.13 Å². The van der Waals surface area contributed by atoms with Crippen molar-refractivity contribution >= 4 is 39.3 Å². The molecule has 138 valence electrons. The summed E-state index contributed by atoms with van der Waals surface area (Å²) in [6, 6.07) is 14.6. The Morgan fingerprint density at radius 1 is 1.00 bits per heavy atom. The maximum Gasteiger partial charge on any atom is 0.233 e. The third-order valence-corrected chi connectivity index (χ3v) is 5.55. The summed E-state index contributed by atoms with van der Waals surface area (Å²) in [5, 5.41) is 6.88. The van der Waals surface area contributed by atoms with Crippen molar-refractivity contribution in [3.8, 4) is 10.6 Å². The number of Topliss-reactive ketones (excluding diaryl/α,β-unsaturated/α-hetero) is 1. The van der Waals surface area contributed by atoms with Gasteiger partial charge in [0.25, 0.3) is 0 Å². The van der Waals surface area contributed by atoms with Gasteiger partial charge in [-0.25, -0.2) is 4.98 Å². The maximum absolute atomic E-state index is 12.9. The van der Waals surface area contributed by atoms with Crippen LogP contribution in [-0.2, 0) is 0 Å². The van der Waals surface area contributed by atoms with Gasteiger partial charge in [-0.15, -0.1) is 22.7 Å². The van der Waals surface area contributed by atoms with Gasteiger partial charge in [0.2, 0.25) is 10.9 Å². The molecule has 0 bridgehead atoms. The molecule has 6 nitrogen and oxygen atoms in total. The van der Waals surface area contributed by atoms with Crippen molar-refractivity contribution in [2.45, 2.75) is 6.92 Å². The summed E-state index contributed by atoms with van der Waals surface area (Å²) in [6.45, 7) is 2.06. The first kappa shape index (κ1) is 18.1. The largest absolute Gasteiger partial charge is 0.285 e. The summed E-state index contributed by atoms with van der Waals surface area (Å²) in [4.78, 5) is 28.2. The molecule has 4 heterocycles. The topological polar surface area (TPSA) is 80.1 Å². The number of aryl methyl sites for hydroxylation is 1. The van der Waals surface area contributed by atoms with Crippen LogP contribution >= 0.6 is 22.7 Å². The lowest BCUT2D eigenvalue weighted by molar-refractivity contribution is 0.106. The molecule has 0 aliphatic rings. The van der Waals surface area contributed by atoms with E-state index >= 15 is 0 Å². The molecule has 0 saturated carbocycles. The molecule has 0 aromatic carbocycles. The average molecular weight is 406 g/mol. The summed E-state index contributed by atoms with van der Waals surface area (Å²) in [6.07, 6.45) is 3.20. The van der Waals surface area contributed by atoms with Crippen LogP contribution in [0.5, 0.6) is 0 Å². The number of hydrazone groups is 1. The Bertz CT molecular complexity index is 1120. The van der Waals surface area contributed by atoms with E-state index in [-0.39, 0.29) is 11.5 Å². The van der Waals surface area contributed by atoms with E-state index in [0.717, 1.165) is 10.6 Å². The van der Waals surface area contributed by atoms with Crippen LogP contribution in [0, 0.1) is 6.92 Å². The molecule has 4 rings (SSSR count). The van der Waals surface area contributed by atoms with E-state index < -0.39 is 0 Å². The minimum atomic E-state index is -0.308. The van der Waals surface area contributed by atoms with Crippen molar-refractivity contribution in [1.82, 2.24) is 15.0 Å². The van der Waals surface area contributed by atoms with Gasteiger partial charge in [0.1, 0.15) is 5.69 Å². The average Bonchev–Trinajstić information content (AvgIpc) is 3.38. The van der Waals surface area contributed by atoms with Gasteiger partial charge < -0.3 is 0 Å². The molecule has 0 fully saturated rings. The molecule has 0 aliphatic carbocycles. The van der Waals surface area contributed by atoms with Gasteiger partial charge in [-0.05, 0) is 43.3 Å². The molecule has 4 aromatic rings. The first-order valence-corrected chi connectivity index (χ1v) is 10.1. The molecule has 28 heavy (non-hydrogen) atoms. The fraction of sp³-hybridized carbons (Fsp3) is 0.0500. The van der Waals surface area contributed by atoms with E-state index in [9.17, 15) is 4.79 Å². The highest BCUT2D eigenvalue weighted by Gasteiger charge is 2.19. The van der Waals surface area contributed by atoms with Crippen LogP contribution in [0.25, 0.3) is 10.6 Å². The first-order valence-electron chi connectivity index (χ1n) is 8.44. The SMILES string of the molecule is Cc1ccc(-c2csc(N/N=C(\C(=O)c3ccccn3)c3ccccn3)n2)s1. The number of anilines is 1. The predicted molar refractivity (Wildman–Crippen MR) is 113 cm³/mol. The monoisotopic (exact) mass is 405 g/mol. The van der Waals surface area contributed by atoms with Crippen LogP contribution in [0.2, 0.25) is 0 Å². The number of nitrogens with one attached hydrogen (secondary N) is 1. The second-order valence-electron chi connectivity index (χ2n) is 5.78. The van der Waals surface area contributed by atoms with Crippen molar-refractivity contribution in [3.63, 3.8) is 0 Å². The molecule has 0 amide bonds. The second kappa shape index (κ2) is 8.20. The Hall–Kier alpha value is -3.23. The Kier molecular flexibility index (Phi) is 5.31. The number of hydrogen-bond acceptors (Lipinski definition) is 8. The van der Waals surface area contributed by atoms with Gasteiger partial charge in [-0.1, -0.05) is 12.1 Å². The van der Waals surface area contributed by atoms with E-state index in [1.165, 1.54) is 16.2 Å². The predicted octanol–water partition coefficient (Wildman–Crippen LogP) is 4.67. The molecule has 0 saturated heterocycles. The number of carbonyl (C=O) groups is 1. The Morgan fingerprint density at radius 3 is 2.39 bits per heavy atom. The first-order chi connectivity index (χ1) is 13.7. The molecule has 4 aromatic heterocycles. The highest BCUT2D eigenvalue weighted by molar-refractivity contribution is 7.16. The number of carbonyl (C=O) groups excluding carboxylic acids is 1. The Balaban J connectivity index is 1.63. The number of thiazole rings is 1. The number of hydrogen-bond donors (Lipinski definition) is 1. The quantitative estimate of drug-likeness (QED) is 0.286. The van der Waals surface area contributed by atoms with E-state index in [1.807, 2.05) is 17.5 Å². The van der Waals surface area contributed by atoms with Crippen molar-refractivity contribution < 1.29 is 4.79 Å². The number of thiophene rings is 1. The molecule has 8 heteroatoms. The van der Waals surface area contributed by atoms with Crippen LogP contribution < -0.4 is 5.43 Å². The lowest BCUT2D eigenvalue weighted by atomic mass is 10.1. The third kappa shape index (κ3) is 4.03. The molecule has 1 N–H and O–H groups in total. The molecule has 0 unspecified atom stereocenters. The standard InChI is InChI=1S/C20H15N5OS2/c1-13-8-9-17(28-13)16-12-27-20(23-16)25-24-18(14-6-2-4-10-21-14)19(26)15-7-3-5-11-22-15/h2-12H,1H3,(H,23,25)/b24-18-. The maximum atomic E-state index is 12.9. The Labute approximate surface area is 169 Å². The number of pyridine rings is 2. The molecular formula is C20H15N5OS2. The lowest BCUT2D eigenvalue weighted by Gasteiger charge is -2.05. The van der Waals surface area contributed by atoms with E-state index in [4.69, 9.17) is 0 Å². The fourth-order valence-electron chi connectivity index (χ4n) is 2.46. The van der Waals surface area contributed by atoms with Crippen LogP contribution in [0.15, 0.2) is 71.4 Å². The molecule has 0 atom stereocenters. The van der Waals surface area contributed by atoms with E-state index in [1.54, 1.807) is 54.1 Å². The second-order valence-corrected chi connectivity index (χ2v) is 7.93. The van der Waals surface area contributed by atoms with Gasteiger partial charge >= 0.3 is 0 Å². The van der Waals surface area contributed by atoms with E-state index in [2.05, 4.69) is 38.5 Å². The number of rotatable bonds is 6. The summed E-state index contributed by atoms with van der Waals surface area (Å²) in [5.41, 5.74) is 4.75. The number of nitrogens with zero attached hydrogens (tertiary/aromatic N) is 4. The number of ketones is 1. The van der Waals surface area contributed by atoms with Gasteiger partial charge in [0, 0.05) is 22.7 Å². The van der Waals surface area contributed by atoms with Gasteiger partial charge in [0.15, 0.2) is 5.71 Å². The lowest BCUT2D eigenvalue weighted by Crippen LogP contribution is -2.19. The summed E-state index contributed by atoms with van der Waals surface area (Å²) < 4.78 is 0. The zero-order valence-electron chi connectivity index (χ0n) is 14.9. The third-order valence-electron chi connectivity index (χ3n) is 3.78. The van der Waals surface area contributed by atoms with Crippen LogP contribution in [-0.4, -0.2) is 26.4 Å². The summed E-state index contributed by atoms with van der Waals surface area (Å²) in [5.74, 6) is -0.308. The highest BCUT2D eigenvalue weighted by atomic mass is 32.1. The molecule has 0 aliphatic heterocycles. The van der Waals surface area contributed by atoms with Crippen molar-refractivity contribution in [3.05, 3.63) is 82.6 Å². The van der Waals surface area contributed by atoms with Crippen molar-refractivity contribution in [2.24, 2.45) is 5.10 Å². The van der Waals surface area contributed by atoms with Crippen LogP contribution in [0.1, 0.15) is 21.1 Å². The minimum Gasteiger partial charge on any atom is -0.285 e. The highest BCUT2D eigenvalue weighted by Crippen LogP contribution is 2.30. The van der Waals surface area contributed by atoms with Gasteiger partial charge in [-0.3, -0.25) is 20.2 Å². The van der Waals surface area contributed by atoms with Crippen molar-refractivity contribution in [1.29, 1.82) is 0 Å². The van der Waals surface area contributed by atoms with Gasteiger partial charge in [0.05, 0.1) is 16.3 Å². The Morgan fingerprint density at radius 2 is 1.75 bits per heavy atom. The fourth-order valence-corrected chi connectivity index (χ4v) is 4.01. The smallest absolute Gasteiger partial charge is 0.233 e. The molecule has 0 radical (unpaired) electrons. The molecule has 0 spiro atoms. The molecular weight excluding hydrogens is 390 g/mol. The van der Waals surface area contributed by atoms with Crippen LogP contribution in [0.3, 0.4) is 0 Å². The summed E-state index contributed by atoms with van der Waals surface area (Å²) >= 11 is 3.11.